The van der Waals surface area contributed by atoms with Crippen LogP contribution in [0.25, 0.3) is 0 Å². The van der Waals surface area contributed by atoms with Crippen LogP contribution in [0, 0.1) is 5.41 Å². The molecule has 1 saturated carbocycles. The van der Waals surface area contributed by atoms with Gasteiger partial charge in [-0.05, 0) is 30.4 Å². The molecule has 0 bridgehead atoms. The van der Waals surface area contributed by atoms with E-state index in [4.69, 9.17) is 0 Å². The van der Waals surface area contributed by atoms with Crippen LogP contribution in [0.3, 0.4) is 0 Å². The molecule has 134 valence electrons. The fraction of sp³-hybridized carbons (Fsp3) is 0.714. The Morgan fingerprint density at radius 1 is 0.917 bits per heavy atom. The van der Waals surface area contributed by atoms with Crippen molar-refractivity contribution in [2.24, 2.45) is 5.41 Å². The molecule has 2 fully saturated rings. The van der Waals surface area contributed by atoms with Gasteiger partial charge < -0.3 is 10.2 Å². The topological polar surface area (TPSA) is 18.5 Å². The van der Waals surface area contributed by atoms with E-state index < -0.39 is 0 Å². The predicted molar refractivity (Wildman–Crippen MR) is 102 cm³/mol. The van der Waals surface area contributed by atoms with Crippen molar-refractivity contribution in [1.29, 1.82) is 0 Å². The van der Waals surface area contributed by atoms with Crippen molar-refractivity contribution >= 4 is 0 Å². The quantitative estimate of drug-likeness (QED) is 0.827. The van der Waals surface area contributed by atoms with Crippen molar-refractivity contribution in [2.75, 3.05) is 45.8 Å². The Balaban J connectivity index is 1.48. The van der Waals surface area contributed by atoms with Gasteiger partial charge in [-0.2, -0.15) is 0 Å². The van der Waals surface area contributed by atoms with Gasteiger partial charge in [-0.1, -0.05) is 56.5 Å². The van der Waals surface area contributed by atoms with Gasteiger partial charge in [0.15, 0.2) is 0 Å². The molecule has 1 aliphatic heterocycles. The Morgan fingerprint density at radius 2 is 1.58 bits per heavy atom. The summed E-state index contributed by atoms with van der Waals surface area (Å²) in [7, 11) is 0. The Labute approximate surface area is 148 Å². The molecule has 1 saturated heterocycles. The number of piperazine rings is 1. The molecule has 0 radical (unpaired) electrons. The average Bonchev–Trinajstić information content (AvgIpc) is 2.63. The van der Waals surface area contributed by atoms with E-state index in [1.54, 1.807) is 0 Å². The lowest BCUT2D eigenvalue weighted by Gasteiger charge is -2.44. The Hall–Kier alpha value is -0.900. The molecule has 3 heteroatoms. The van der Waals surface area contributed by atoms with Crippen molar-refractivity contribution in [3.63, 3.8) is 0 Å². The van der Waals surface area contributed by atoms with Gasteiger partial charge in [-0.25, -0.2) is 0 Å². The van der Waals surface area contributed by atoms with E-state index in [0.29, 0.717) is 5.41 Å². The molecule has 0 atom stereocenters. The standard InChI is InChI=1S/C21H35N3/c1-2-22-18-21(11-7-4-8-12-21)19-24-15-13-23(14-16-24)17-20-9-5-3-6-10-20/h3,5-6,9-10,22H,2,4,7-8,11-19H2,1H3. The molecule has 1 aromatic carbocycles. The second kappa shape index (κ2) is 8.98. The fourth-order valence-electron chi connectivity index (χ4n) is 4.50. The van der Waals surface area contributed by atoms with Crippen molar-refractivity contribution in [1.82, 2.24) is 15.1 Å². The van der Waals surface area contributed by atoms with E-state index in [1.165, 1.54) is 76.9 Å². The minimum Gasteiger partial charge on any atom is -0.316 e. The zero-order valence-electron chi connectivity index (χ0n) is 15.5. The van der Waals surface area contributed by atoms with Gasteiger partial charge in [-0.15, -0.1) is 0 Å². The average molecular weight is 330 g/mol. The molecule has 3 rings (SSSR count). The van der Waals surface area contributed by atoms with E-state index in [9.17, 15) is 0 Å². The first-order chi connectivity index (χ1) is 11.8. The fourth-order valence-corrected chi connectivity index (χ4v) is 4.50. The van der Waals surface area contributed by atoms with Crippen molar-refractivity contribution in [3.8, 4) is 0 Å². The smallest absolute Gasteiger partial charge is 0.0234 e. The van der Waals surface area contributed by atoms with Crippen LogP contribution in [0.4, 0.5) is 0 Å². The van der Waals surface area contributed by atoms with Crippen LogP contribution in [0.1, 0.15) is 44.6 Å². The van der Waals surface area contributed by atoms with Crippen LogP contribution in [-0.4, -0.2) is 55.6 Å². The van der Waals surface area contributed by atoms with Gasteiger partial charge in [0.1, 0.15) is 0 Å². The number of rotatable bonds is 7. The van der Waals surface area contributed by atoms with Crippen LogP contribution in [0.5, 0.6) is 0 Å². The van der Waals surface area contributed by atoms with Crippen molar-refractivity contribution in [3.05, 3.63) is 35.9 Å². The summed E-state index contributed by atoms with van der Waals surface area (Å²) in [6.07, 6.45) is 7.14. The zero-order chi connectivity index (χ0) is 16.7. The highest BCUT2D eigenvalue weighted by Gasteiger charge is 2.34. The van der Waals surface area contributed by atoms with Crippen LogP contribution in [-0.2, 0) is 6.54 Å². The molecule has 3 nitrogen and oxygen atoms in total. The molecular weight excluding hydrogens is 294 g/mol. The maximum atomic E-state index is 3.65. The molecule has 0 aromatic heterocycles. The second-order valence-electron chi connectivity index (χ2n) is 7.88. The summed E-state index contributed by atoms with van der Waals surface area (Å²) < 4.78 is 0. The highest BCUT2D eigenvalue weighted by atomic mass is 15.3. The maximum absolute atomic E-state index is 3.65. The molecule has 2 aliphatic rings. The molecule has 1 N–H and O–H groups in total. The Kier molecular flexibility index (Phi) is 6.70. The number of nitrogens with one attached hydrogen (secondary N) is 1. The number of nitrogens with zero attached hydrogens (tertiary/aromatic N) is 2. The lowest BCUT2D eigenvalue weighted by Crippen LogP contribution is -2.52. The summed E-state index contributed by atoms with van der Waals surface area (Å²) in [4.78, 5) is 5.35. The number of benzene rings is 1. The van der Waals surface area contributed by atoms with E-state index >= 15 is 0 Å². The first-order valence-corrected chi connectivity index (χ1v) is 9.99. The monoisotopic (exact) mass is 329 g/mol. The lowest BCUT2D eigenvalue weighted by atomic mass is 9.73. The summed E-state index contributed by atoms with van der Waals surface area (Å²) in [5, 5.41) is 3.65. The van der Waals surface area contributed by atoms with Crippen LogP contribution in [0.2, 0.25) is 0 Å². The largest absolute Gasteiger partial charge is 0.316 e. The van der Waals surface area contributed by atoms with Crippen LogP contribution < -0.4 is 5.32 Å². The number of hydrogen-bond donors (Lipinski definition) is 1. The summed E-state index contributed by atoms with van der Waals surface area (Å²) in [5.41, 5.74) is 1.98. The highest BCUT2D eigenvalue weighted by Crippen LogP contribution is 2.36. The third kappa shape index (κ3) is 5.05. The summed E-state index contributed by atoms with van der Waals surface area (Å²) >= 11 is 0. The molecule has 1 heterocycles. The minimum absolute atomic E-state index is 0.538. The maximum Gasteiger partial charge on any atom is 0.0234 e. The minimum atomic E-state index is 0.538. The molecule has 0 spiro atoms. The second-order valence-corrected chi connectivity index (χ2v) is 7.88. The van der Waals surface area contributed by atoms with Gasteiger partial charge in [0.05, 0.1) is 0 Å². The van der Waals surface area contributed by atoms with E-state index in [-0.39, 0.29) is 0 Å². The third-order valence-corrected chi connectivity index (χ3v) is 5.94. The molecule has 0 amide bonds. The lowest BCUT2D eigenvalue weighted by molar-refractivity contribution is 0.0599. The number of hydrogen-bond acceptors (Lipinski definition) is 3. The zero-order valence-corrected chi connectivity index (χ0v) is 15.5. The van der Waals surface area contributed by atoms with E-state index in [1.807, 2.05) is 0 Å². The van der Waals surface area contributed by atoms with Gasteiger partial charge >= 0.3 is 0 Å². The SMILES string of the molecule is CCNCC1(CN2CCN(Cc3ccccc3)CC2)CCCCC1. The summed E-state index contributed by atoms with van der Waals surface area (Å²) in [6, 6.07) is 10.9. The molecule has 0 unspecified atom stereocenters. The highest BCUT2D eigenvalue weighted by molar-refractivity contribution is 5.14. The van der Waals surface area contributed by atoms with Gasteiger partial charge in [0, 0.05) is 45.8 Å². The normalized spacial score (nSPS) is 22.5. The van der Waals surface area contributed by atoms with E-state index in [0.717, 1.165) is 13.1 Å². The summed E-state index contributed by atoms with van der Waals surface area (Å²) in [6.45, 7) is 11.9. The molecule has 1 aromatic rings. The van der Waals surface area contributed by atoms with Gasteiger partial charge in [-0.3, -0.25) is 4.90 Å². The van der Waals surface area contributed by atoms with Gasteiger partial charge in [0.25, 0.3) is 0 Å². The Morgan fingerprint density at radius 3 is 2.25 bits per heavy atom. The van der Waals surface area contributed by atoms with Gasteiger partial charge in [0.2, 0.25) is 0 Å². The molecular formula is C21H35N3. The van der Waals surface area contributed by atoms with E-state index in [2.05, 4.69) is 52.4 Å². The first kappa shape index (κ1) is 17.9. The Bertz CT molecular complexity index is 459. The summed E-state index contributed by atoms with van der Waals surface area (Å²) in [5.74, 6) is 0. The molecule has 24 heavy (non-hydrogen) atoms. The predicted octanol–water partition coefficient (Wildman–Crippen LogP) is 3.36. The first-order valence-electron chi connectivity index (χ1n) is 9.99. The van der Waals surface area contributed by atoms with Crippen LogP contribution >= 0.6 is 0 Å². The van der Waals surface area contributed by atoms with Crippen molar-refractivity contribution in [2.45, 2.75) is 45.6 Å². The third-order valence-electron chi connectivity index (χ3n) is 5.94. The van der Waals surface area contributed by atoms with Crippen molar-refractivity contribution < 1.29 is 0 Å². The van der Waals surface area contributed by atoms with Crippen LogP contribution in [0.15, 0.2) is 30.3 Å². The molecule has 1 aliphatic carbocycles.